The van der Waals surface area contributed by atoms with Gasteiger partial charge in [-0.2, -0.15) is 0 Å². The van der Waals surface area contributed by atoms with Gasteiger partial charge in [-0.3, -0.25) is 13.9 Å². The van der Waals surface area contributed by atoms with Crippen LogP contribution in [-0.4, -0.2) is 43.8 Å². The van der Waals surface area contributed by atoms with Crippen molar-refractivity contribution in [3.05, 3.63) is 93.5 Å². The molecule has 0 aliphatic heterocycles. The van der Waals surface area contributed by atoms with Crippen LogP contribution in [0.1, 0.15) is 49.3 Å². The van der Waals surface area contributed by atoms with Gasteiger partial charge < -0.3 is 10.2 Å². The van der Waals surface area contributed by atoms with Crippen LogP contribution in [0.4, 0.5) is 5.69 Å². The Labute approximate surface area is 252 Å². The van der Waals surface area contributed by atoms with Gasteiger partial charge in [-0.25, -0.2) is 8.42 Å². The molecule has 1 atom stereocenters. The minimum Gasteiger partial charge on any atom is -0.352 e. The molecule has 0 spiro atoms. The number of halogens is 2. The van der Waals surface area contributed by atoms with Gasteiger partial charge in [-0.1, -0.05) is 66.4 Å². The third-order valence-electron chi connectivity index (χ3n) is 7.36. The summed E-state index contributed by atoms with van der Waals surface area (Å²) in [6.07, 6.45) is 3.86. The fourth-order valence-corrected chi connectivity index (χ4v) is 7.11. The van der Waals surface area contributed by atoms with Crippen molar-refractivity contribution in [3.8, 4) is 0 Å². The molecule has 0 saturated heterocycles. The van der Waals surface area contributed by atoms with Gasteiger partial charge in [0.1, 0.15) is 12.6 Å². The Balaban J connectivity index is 1.73. The molecule has 2 amide bonds. The van der Waals surface area contributed by atoms with Crippen molar-refractivity contribution < 1.29 is 18.0 Å². The second-order valence-electron chi connectivity index (χ2n) is 10.6. The summed E-state index contributed by atoms with van der Waals surface area (Å²) in [6, 6.07) is 17.5. The topological polar surface area (TPSA) is 86.8 Å². The molecule has 0 heterocycles. The number of aryl methyl sites for hydroxylation is 2. The van der Waals surface area contributed by atoms with E-state index in [-0.39, 0.29) is 23.4 Å². The molecule has 1 aliphatic carbocycles. The van der Waals surface area contributed by atoms with Crippen molar-refractivity contribution in [2.75, 3.05) is 10.8 Å². The maximum atomic E-state index is 14.1. The van der Waals surface area contributed by atoms with Gasteiger partial charge in [-0.05, 0) is 81.1 Å². The summed E-state index contributed by atoms with van der Waals surface area (Å²) in [7, 11) is -4.14. The summed E-state index contributed by atoms with van der Waals surface area (Å²) in [5.41, 5.74) is 2.54. The van der Waals surface area contributed by atoms with Crippen LogP contribution in [0, 0.1) is 13.8 Å². The van der Waals surface area contributed by atoms with Crippen molar-refractivity contribution >= 4 is 50.7 Å². The third-order valence-corrected chi connectivity index (χ3v) is 9.86. The maximum absolute atomic E-state index is 14.1. The lowest BCUT2D eigenvalue weighted by Gasteiger charge is -2.33. The van der Waals surface area contributed by atoms with Crippen LogP contribution < -0.4 is 9.62 Å². The molecule has 4 rings (SSSR count). The SMILES string of the molecule is Cc1cc(C)cc(N(CC(=O)N(Cc2c(Cl)cccc2Cl)C(C)C(=O)NC2CCCC2)S(=O)(=O)c2ccccc2)c1. The Hall–Kier alpha value is -3.07. The Kier molecular flexibility index (Phi) is 10.00. The van der Waals surface area contributed by atoms with E-state index in [4.69, 9.17) is 23.2 Å². The first-order valence-corrected chi connectivity index (χ1v) is 15.9. The van der Waals surface area contributed by atoms with Crippen molar-refractivity contribution in [1.29, 1.82) is 0 Å². The van der Waals surface area contributed by atoms with E-state index >= 15 is 0 Å². The summed E-state index contributed by atoms with van der Waals surface area (Å²) in [5, 5.41) is 3.75. The number of carbonyl (C=O) groups is 2. The van der Waals surface area contributed by atoms with Crippen LogP contribution in [0.25, 0.3) is 0 Å². The van der Waals surface area contributed by atoms with E-state index in [1.54, 1.807) is 55.5 Å². The first-order chi connectivity index (χ1) is 19.5. The number of benzene rings is 3. The molecule has 0 bridgehead atoms. The highest BCUT2D eigenvalue weighted by Crippen LogP contribution is 2.29. The lowest BCUT2D eigenvalue weighted by Crippen LogP contribution is -2.52. The van der Waals surface area contributed by atoms with E-state index < -0.39 is 28.5 Å². The molecule has 1 unspecified atom stereocenters. The largest absolute Gasteiger partial charge is 0.352 e. The highest BCUT2D eigenvalue weighted by molar-refractivity contribution is 7.92. The van der Waals surface area contributed by atoms with E-state index in [9.17, 15) is 18.0 Å². The quantitative estimate of drug-likeness (QED) is 0.291. The zero-order valence-corrected chi connectivity index (χ0v) is 25.8. The number of nitrogens with one attached hydrogen (secondary N) is 1. The normalized spacial score (nSPS) is 14.5. The molecule has 1 aliphatic rings. The summed E-state index contributed by atoms with van der Waals surface area (Å²) in [4.78, 5) is 28.9. The smallest absolute Gasteiger partial charge is 0.264 e. The summed E-state index contributed by atoms with van der Waals surface area (Å²) >= 11 is 12.9. The van der Waals surface area contributed by atoms with Gasteiger partial charge in [0.25, 0.3) is 10.0 Å². The first kappa shape index (κ1) is 30.9. The number of anilines is 1. The molecule has 3 aromatic carbocycles. The standard InChI is InChI=1S/C31H35Cl2N3O4S/c1-21-16-22(2)18-25(17-21)36(41(39,40)26-12-5-4-6-13-26)20-30(37)35(19-27-28(32)14-9-15-29(27)33)23(3)31(38)34-24-10-7-8-11-24/h4-6,9,12-18,23-24H,7-8,10-11,19-20H2,1-3H3,(H,34,38). The van der Waals surface area contributed by atoms with E-state index in [2.05, 4.69) is 5.32 Å². The fourth-order valence-electron chi connectivity index (χ4n) is 5.17. The molecule has 1 N–H and O–H groups in total. The van der Waals surface area contributed by atoms with E-state index in [1.807, 2.05) is 19.9 Å². The zero-order valence-electron chi connectivity index (χ0n) is 23.4. The monoisotopic (exact) mass is 615 g/mol. The second kappa shape index (κ2) is 13.3. The number of hydrogen-bond acceptors (Lipinski definition) is 4. The summed E-state index contributed by atoms with van der Waals surface area (Å²) in [5.74, 6) is -0.869. The molecule has 0 aromatic heterocycles. The highest BCUT2D eigenvalue weighted by Gasteiger charge is 2.34. The van der Waals surface area contributed by atoms with E-state index in [1.165, 1.54) is 17.0 Å². The molecular formula is C31H35Cl2N3O4S. The van der Waals surface area contributed by atoms with Gasteiger partial charge in [0.2, 0.25) is 11.8 Å². The minimum atomic E-state index is -4.14. The Morgan fingerprint density at radius 2 is 1.51 bits per heavy atom. The van der Waals surface area contributed by atoms with Crippen LogP contribution in [0.2, 0.25) is 10.0 Å². The third kappa shape index (κ3) is 7.42. The predicted octanol–water partition coefficient (Wildman–Crippen LogP) is 6.28. The number of rotatable bonds is 10. The van der Waals surface area contributed by atoms with Gasteiger partial charge in [-0.15, -0.1) is 0 Å². The average Bonchev–Trinajstić information content (AvgIpc) is 3.44. The van der Waals surface area contributed by atoms with Crippen LogP contribution in [-0.2, 0) is 26.2 Å². The average molecular weight is 617 g/mol. The number of amides is 2. The van der Waals surface area contributed by atoms with Crippen LogP contribution >= 0.6 is 23.2 Å². The Morgan fingerprint density at radius 3 is 2.10 bits per heavy atom. The maximum Gasteiger partial charge on any atom is 0.264 e. The van der Waals surface area contributed by atoms with Crippen molar-refractivity contribution in [1.82, 2.24) is 10.2 Å². The predicted molar refractivity (Wildman–Crippen MR) is 164 cm³/mol. The molecule has 41 heavy (non-hydrogen) atoms. The Bertz CT molecular complexity index is 1470. The molecule has 10 heteroatoms. The van der Waals surface area contributed by atoms with Crippen molar-refractivity contribution in [2.24, 2.45) is 0 Å². The van der Waals surface area contributed by atoms with Crippen molar-refractivity contribution in [3.63, 3.8) is 0 Å². The summed E-state index contributed by atoms with van der Waals surface area (Å²) < 4.78 is 29.0. The number of hydrogen-bond donors (Lipinski definition) is 1. The van der Waals surface area contributed by atoms with Gasteiger partial charge in [0, 0.05) is 28.2 Å². The number of nitrogens with zero attached hydrogens (tertiary/aromatic N) is 2. The van der Waals surface area contributed by atoms with Crippen LogP contribution in [0.15, 0.2) is 71.6 Å². The van der Waals surface area contributed by atoms with Gasteiger partial charge in [0.15, 0.2) is 0 Å². The van der Waals surface area contributed by atoms with E-state index in [0.717, 1.165) is 41.1 Å². The molecular weight excluding hydrogens is 581 g/mol. The van der Waals surface area contributed by atoms with Gasteiger partial charge >= 0.3 is 0 Å². The minimum absolute atomic E-state index is 0.0519. The molecule has 7 nitrogen and oxygen atoms in total. The van der Waals surface area contributed by atoms with Crippen LogP contribution in [0.3, 0.4) is 0 Å². The fraction of sp³-hybridized carbons (Fsp3) is 0.355. The zero-order chi connectivity index (χ0) is 29.7. The lowest BCUT2D eigenvalue weighted by molar-refractivity contribution is -0.139. The van der Waals surface area contributed by atoms with E-state index in [0.29, 0.717) is 21.3 Å². The molecule has 1 fully saturated rings. The molecule has 3 aromatic rings. The lowest BCUT2D eigenvalue weighted by atomic mass is 10.1. The Morgan fingerprint density at radius 1 is 0.927 bits per heavy atom. The molecule has 0 radical (unpaired) electrons. The number of sulfonamides is 1. The highest BCUT2D eigenvalue weighted by atomic mass is 35.5. The second-order valence-corrected chi connectivity index (χ2v) is 13.2. The summed E-state index contributed by atoms with van der Waals surface area (Å²) in [6.45, 7) is 4.78. The van der Waals surface area contributed by atoms with Crippen molar-refractivity contribution in [2.45, 2.75) is 70.0 Å². The first-order valence-electron chi connectivity index (χ1n) is 13.7. The number of carbonyl (C=O) groups excluding carboxylic acids is 2. The molecule has 1 saturated carbocycles. The van der Waals surface area contributed by atoms with Crippen LogP contribution in [0.5, 0.6) is 0 Å². The van der Waals surface area contributed by atoms with Gasteiger partial charge in [0.05, 0.1) is 10.6 Å². The molecule has 218 valence electrons.